The first kappa shape index (κ1) is 9.99. The van der Waals surface area contributed by atoms with Crippen molar-refractivity contribution in [2.75, 3.05) is 5.33 Å². The molecule has 0 fully saturated rings. The number of hydrogen-bond donors (Lipinski definition) is 2. The number of halogens is 1. The number of hydrogen-bond acceptors (Lipinski definition) is 1. The summed E-state index contributed by atoms with van der Waals surface area (Å²) in [5, 5.41) is 8.04. The van der Waals surface area contributed by atoms with Crippen LogP contribution in [0.4, 0.5) is 0 Å². The van der Waals surface area contributed by atoms with Gasteiger partial charge < -0.3 is 5.73 Å². The fraction of sp³-hybridized carbons (Fsp3) is 0.100. The summed E-state index contributed by atoms with van der Waals surface area (Å²) in [5.74, 6) is 0.107. The van der Waals surface area contributed by atoms with Crippen molar-refractivity contribution in [3.8, 4) is 0 Å². The average molecular weight is 239 g/mol. The van der Waals surface area contributed by atoms with Crippen LogP contribution in [0.25, 0.3) is 6.08 Å². The summed E-state index contributed by atoms with van der Waals surface area (Å²) < 4.78 is 0. The highest BCUT2D eigenvalue weighted by Gasteiger charge is 1.93. The third kappa shape index (κ3) is 3.03. The van der Waals surface area contributed by atoms with Crippen molar-refractivity contribution >= 4 is 27.8 Å². The van der Waals surface area contributed by atoms with E-state index in [1.54, 1.807) is 0 Å². The Bertz CT molecular complexity index is 314. The molecule has 0 spiro atoms. The molecular weight excluding hydrogens is 228 g/mol. The SMILES string of the molecule is N=C(N)c1ccc(C=CCBr)cc1. The van der Waals surface area contributed by atoms with Gasteiger partial charge in [0.2, 0.25) is 0 Å². The van der Waals surface area contributed by atoms with Gasteiger partial charge in [0, 0.05) is 10.9 Å². The molecule has 1 aromatic carbocycles. The lowest BCUT2D eigenvalue weighted by atomic mass is 10.1. The predicted octanol–water partition coefficient (Wildman–Crippen LogP) is 2.38. The molecule has 0 bridgehead atoms. The van der Waals surface area contributed by atoms with E-state index in [1.807, 2.05) is 36.4 Å². The molecule has 0 aliphatic carbocycles. The molecule has 0 atom stereocenters. The summed E-state index contributed by atoms with van der Waals surface area (Å²) >= 11 is 3.30. The first-order valence-electron chi connectivity index (χ1n) is 3.91. The lowest BCUT2D eigenvalue weighted by Crippen LogP contribution is -2.10. The molecule has 0 aliphatic rings. The van der Waals surface area contributed by atoms with Gasteiger partial charge >= 0.3 is 0 Å². The van der Waals surface area contributed by atoms with Crippen LogP contribution in [0.15, 0.2) is 30.3 Å². The Kier molecular flexibility index (Phi) is 3.71. The van der Waals surface area contributed by atoms with E-state index in [0.29, 0.717) is 0 Å². The van der Waals surface area contributed by atoms with Gasteiger partial charge in [0.15, 0.2) is 0 Å². The largest absolute Gasteiger partial charge is 0.384 e. The van der Waals surface area contributed by atoms with Gasteiger partial charge in [-0.05, 0) is 5.56 Å². The van der Waals surface area contributed by atoms with Gasteiger partial charge in [0.05, 0.1) is 0 Å². The van der Waals surface area contributed by atoms with Crippen molar-refractivity contribution in [3.63, 3.8) is 0 Å². The van der Waals surface area contributed by atoms with Crippen LogP contribution in [-0.4, -0.2) is 11.2 Å². The smallest absolute Gasteiger partial charge is 0.122 e. The molecule has 0 aliphatic heterocycles. The van der Waals surface area contributed by atoms with Crippen LogP contribution >= 0.6 is 15.9 Å². The van der Waals surface area contributed by atoms with Gasteiger partial charge in [-0.2, -0.15) is 0 Å². The Morgan fingerprint density at radius 2 is 2.00 bits per heavy atom. The number of allylic oxidation sites excluding steroid dienone is 1. The van der Waals surface area contributed by atoms with E-state index in [4.69, 9.17) is 11.1 Å². The third-order valence-corrected chi connectivity index (χ3v) is 1.99. The van der Waals surface area contributed by atoms with Gasteiger partial charge in [-0.3, -0.25) is 5.41 Å². The van der Waals surface area contributed by atoms with E-state index >= 15 is 0 Å². The summed E-state index contributed by atoms with van der Waals surface area (Å²) in [7, 11) is 0. The van der Waals surface area contributed by atoms with Crippen LogP contribution in [0, 0.1) is 5.41 Å². The zero-order valence-electron chi connectivity index (χ0n) is 7.13. The number of amidine groups is 1. The third-order valence-electron chi connectivity index (χ3n) is 1.62. The summed E-state index contributed by atoms with van der Waals surface area (Å²) in [6, 6.07) is 7.57. The van der Waals surface area contributed by atoms with Gasteiger partial charge in [-0.1, -0.05) is 52.3 Å². The molecule has 0 aromatic heterocycles. The first-order chi connectivity index (χ1) is 6.24. The van der Waals surface area contributed by atoms with Crippen molar-refractivity contribution in [1.82, 2.24) is 0 Å². The van der Waals surface area contributed by atoms with Crippen LogP contribution < -0.4 is 5.73 Å². The van der Waals surface area contributed by atoms with Gasteiger partial charge in [0.1, 0.15) is 5.84 Å². The highest BCUT2D eigenvalue weighted by atomic mass is 79.9. The highest BCUT2D eigenvalue weighted by molar-refractivity contribution is 9.09. The van der Waals surface area contributed by atoms with Gasteiger partial charge in [-0.25, -0.2) is 0 Å². The highest BCUT2D eigenvalue weighted by Crippen LogP contribution is 2.05. The zero-order valence-corrected chi connectivity index (χ0v) is 8.71. The zero-order chi connectivity index (χ0) is 9.68. The second-order valence-electron chi connectivity index (χ2n) is 2.59. The number of benzene rings is 1. The van der Waals surface area contributed by atoms with E-state index in [2.05, 4.69) is 15.9 Å². The Labute approximate surface area is 86.1 Å². The summed E-state index contributed by atoms with van der Waals surface area (Å²) in [6.45, 7) is 0. The Hall–Kier alpha value is -1.09. The number of nitrogens with two attached hydrogens (primary N) is 1. The molecule has 1 aromatic rings. The second-order valence-corrected chi connectivity index (χ2v) is 3.24. The van der Waals surface area contributed by atoms with E-state index in [9.17, 15) is 0 Å². The van der Waals surface area contributed by atoms with Crippen LogP contribution in [0.1, 0.15) is 11.1 Å². The van der Waals surface area contributed by atoms with E-state index in [0.717, 1.165) is 16.5 Å². The Morgan fingerprint density at radius 1 is 1.38 bits per heavy atom. The molecule has 0 saturated heterocycles. The Morgan fingerprint density at radius 3 is 2.46 bits per heavy atom. The number of nitrogen functional groups attached to an aromatic ring is 1. The Balaban J connectivity index is 2.81. The quantitative estimate of drug-likeness (QED) is 0.475. The van der Waals surface area contributed by atoms with Crippen molar-refractivity contribution in [2.24, 2.45) is 5.73 Å². The minimum atomic E-state index is 0.107. The first-order valence-corrected chi connectivity index (χ1v) is 5.03. The lowest BCUT2D eigenvalue weighted by Gasteiger charge is -1.97. The van der Waals surface area contributed by atoms with E-state index < -0.39 is 0 Å². The molecule has 3 heteroatoms. The number of nitrogens with one attached hydrogen (secondary N) is 1. The minimum Gasteiger partial charge on any atom is -0.384 e. The predicted molar refractivity (Wildman–Crippen MR) is 60.3 cm³/mol. The van der Waals surface area contributed by atoms with Gasteiger partial charge in [0.25, 0.3) is 0 Å². The standard InChI is InChI=1S/C10H11BrN2/c11-7-1-2-8-3-5-9(6-4-8)10(12)13/h1-6H,7H2,(H3,12,13). The van der Waals surface area contributed by atoms with Crippen molar-refractivity contribution < 1.29 is 0 Å². The van der Waals surface area contributed by atoms with E-state index in [1.165, 1.54) is 0 Å². The van der Waals surface area contributed by atoms with Crippen LogP contribution in [-0.2, 0) is 0 Å². The molecule has 0 radical (unpaired) electrons. The van der Waals surface area contributed by atoms with Crippen LogP contribution in [0.2, 0.25) is 0 Å². The summed E-state index contributed by atoms with van der Waals surface area (Å²) in [5.41, 5.74) is 7.20. The molecule has 3 N–H and O–H groups in total. The topological polar surface area (TPSA) is 49.9 Å². The number of alkyl halides is 1. The molecule has 0 unspecified atom stereocenters. The fourth-order valence-electron chi connectivity index (χ4n) is 0.954. The molecule has 1 rings (SSSR count). The summed E-state index contributed by atoms with van der Waals surface area (Å²) in [4.78, 5) is 0. The maximum Gasteiger partial charge on any atom is 0.122 e. The monoisotopic (exact) mass is 238 g/mol. The molecule has 2 nitrogen and oxygen atoms in total. The molecule has 13 heavy (non-hydrogen) atoms. The second kappa shape index (κ2) is 4.82. The normalized spacial score (nSPS) is 10.5. The van der Waals surface area contributed by atoms with Crippen molar-refractivity contribution in [1.29, 1.82) is 5.41 Å². The maximum atomic E-state index is 7.20. The van der Waals surface area contributed by atoms with Gasteiger partial charge in [-0.15, -0.1) is 0 Å². The maximum absolute atomic E-state index is 7.20. The van der Waals surface area contributed by atoms with Crippen molar-refractivity contribution in [2.45, 2.75) is 0 Å². The minimum absolute atomic E-state index is 0.107. The molecule has 0 heterocycles. The fourth-order valence-corrected chi connectivity index (χ4v) is 1.14. The van der Waals surface area contributed by atoms with Crippen LogP contribution in [0.3, 0.4) is 0 Å². The lowest BCUT2D eigenvalue weighted by molar-refractivity contribution is 1.42. The van der Waals surface area contributed by atoms with Crippen molar-refractivity contribution in [3.05, 3.63) is 41.5 Å². The van der Waals surface area contributed by atoms with Crippen LogP contribution in [0.5, 0.6) is 0 Å². The number of rotatable bonds is 3. The summed E-state index contributed by atoms with van der Waals surface area (Å²) in [6.07, 6.45) is 4.03. The molecule has 68 valence electrons. The molecule has 0 saturated carbocycles. The van der Waals surface area contributed by atoms with E-state index in [-0.39, 0.29) is 5.84 Å². The molecular formula is C10H11BrN2. The molecule has 0 amide bonds. The average Bonchev–Trinajstić information content (AvgIpc) is 2.15.